The van der Waals surface area contributed by atoms with Crippen molar-refractivity contribution in [3.8, 4) is 6.07 Å². The van der Waals surface area contributed by atoms with Crippen molar-refractivity contribution in [1.29, 1.82) is 5.26 Å². The highest BCUT2D eigenvalue weighted by molar-refractivity contribution is 7.99. The van der Waals surface area contributed by atoms with Gasteiger partial charge in [-0.3, -0.25) is 0 Å². The summed E-state index contributed by atoms with van der Waals surface area (Å²) in [5.41, 5.74) is 0. The third-order valence-electron chi connectivity index (χ3n) is 1.87. The minimum Gasteiger partial charge on any atom is -0.229 e. The fourth-order valence-corrected chi connectivity index (χ4v) is 2.99. The van der Waals surface area contributed by atoms with Crippen LogP contribution in [0.1, 0.15) is 11.3 Å². The second-order valence-electron chi connectivity index (χ2n) is 3.01. The van der Waals surface area contributed by atoms with Gasteiger partial charge in [0.1, 0.15) is 16.2 Å². The molecule has 15 heavy (non-hydrogen) atoms. The highest BCUT2D eigenvalue weighted by Crippen LogP contribution is 2.30. The number of aryl methyl sites for hydroxylation is 1. The lowest BCUT2D eigenvalue weighted by molar-refractivity contribution is 1.10. The number of thioether (sulfide) groups is 1. The van der Waals surface area contributed by atoms with Crippen molar-refractivity contribution in [2.45, 2.75) is 18.4 Å². The van der Waals surface area contributed by atoms with E-state index in [1.807, 2.05) is 0 Å². The van der Waals surface area contributed by atoms with E-state index in [2.05, 4.69) is 29.0 Å². The van der Waals surface area contributed by atoms with Crippen LogP contribution in [0, 0.1) is 18.3 Å². The SMILES string of the molecule is Cc1cc2c(SCCC#N)ncnc2s1. The fraction of sp³-hybridized carbons (Fsp3) is 0.300. The number of nitriles is 1. The Bertz CT molecular complexity index is 513. The van der Waals surface area contributed by atoms with Gasteiger partial charge >= 0.3 is 0 Å². The Morgan fingerprint density at radius 3 is 3.20 bits per heavy atom. The molecule has 2 rings (SSSR count). The highest BCUT2D eigenvalue weighted by atomic mass is 32.2. The van der Waals surface area contributed by atoms with Crippen LogP contribution in [-0.2, 0) is 0 Å². The molecule has 0 aliphatic carbocycles. The predicted octanol–water partition coefficient (Wildman–Crippen LogP) is 3.01. The van der Waals surface area contributed by atoms with E-state index >= 15 is 0 Å². The molecule has 0 amide bonds. The maximum absolute atomic E-state index is 8.47. The summed E-state index contributed by atoms with van der Waals surface area (Å²) in [7, 11) is 0. The Labute approximate surface area is 96.2 Å². The van der Waals surface area contributed by atoms with E-state index in [9.17, 15) is 0 Å². The molecule has 2 aromatic rings. The third-order valence-corrected chi connectivity index (χ3v) is 3.83. The standard InChI is InChI=1S/C10H9N3S2/c1-7-5-8-9(14-4-2-3-11)12-6-13-10(8)15-7/h5-6H,2,4H2,1H3. The van der Waals surface area contributed by atoms with E-state index < -0.39 is 0 Å². The molecule has 0 spiro atoms. The van der Waals surface area contributed by atoms with Crippen molar-refractivity contribution >= 4 is 33.3 Å². The largest absolute Gasteiger partial charge is 0.229 e. The molecule has 0 N–H and O–H groups in total. The van der Waals surface area contributed by atoms with Gasteiger partial charge in [-0.15, -0.1) is 23.1 Å². The van der Waals surface area contributed by atoms with Crippen molar-refractivity contribution in [3.05, 3.63) is 17.3 Å². The van der Waals surface area contributed by atoms with Crippen LogP contribution in [0.25, 0.3) is 10.2 Å². The van der Waals surface area contributed by atoms with E-state index in [0.717, 1.165) is 21.0 Å². The lowest BCUT2D eigenvalue weighted by atomic mass is 10.4. The molecule has 0 aromatic carbocycles. The van der Waals surface area contributed by atoms with Crippen LogP contribution >= 0.6 is 23.1 Å². The molecule has 0 radical (unpaired) electrons. The van der Waals surface area contributed by atoms with Crippen LogP contribution in [0.2, 0.25) is 0 Å². The van der Waals surface area contributed by atoms with E-state index in [0.29, 0.717) is 6.42 Å². The average Bonchev–Trinajstić information content (AvgIpc) is 2.59. The zero-order valence-corrected chi connectivity index (χ0v) is 9.86. The van der Waals surface area contributed by atoms with Crippen LogP contribution in [0.3, 0.4) is 0 Å². The van der Waals surface area contributed by atoms with Gasteiger partial charge in [-0.05, 0) is 13.0 Å². The average molecular weight is 235 g/mol. The minimum atomic E-state index is 0.555. The lowest BCUT2D eigenvalue weighted by Crippen LogP contribution is -1.84. The maximum atomic E-state index is 8.47. The lowest BCUT2D eigenvalue weighted by Gasteiger charge is -1.98. The molecular weight excluding hydrogens is 226 g/mol. The number of hydrogen-bond donors (Lipinski definition) is 0. The van der Waals surface area contributed by atoms with Crippen LogP contribution < -0.4 is 0 Å². The van der Waals surface area contributed by atoms with Crippen LogP contribution in [-0.4, -0.2) is 15.7 Å². The van der Waals surface area contributed by atoms with Crippen molar-refractivity contribution in [3.63, 3.8) is 0 Å². The second kappa shape index (κ2) is 4.60. The minimum absolute atomic E-state index is 0.555. The van der Waals surface area contributed by atoms with Crippen LogP contribution in [0.4, 0.5) is 0 Å². The first-order valence-electron chi connectivity index (χ1n) is 4.52. The van der Waals surface area contributed by atoms with E-state index in [-0.39, 0.29) is 0 Å². The summed E-state index contributed by atoms with van der Waals surface area (Å²) < 4.78 is 0. The predicted molar refractivity (Wildman–Crippen MR) is 63.1 cm³/mol. The van der Waals surface area contributed by atoms with Gasteiger partial charge in [-0.1, -0.05) is 0 Å². The summed E-state index contributed by atoms with van der Waals surface area (Å²) in [6.45, 7) is 2.07. The maximum Gasteiger partial charge on any atom is 0.128 e. The number of nitrogens with zero attached hydrogens (tertiary/aromatic N) is 3. The third kappa shape index (κ3) is 2.28. The molecule has 5 heteroatoms. The van der Waals surface area contributed by atoms with Crippen molar-refractivity contribution in [2.24, 2.45) is 0 Å². The Hall–Kier alpha value is -1.12. The number of thiophene rings is 1. The Morgan fingerprint density at radius 1 is 1.53 bits per heavy atom. The number of rotatable bonds is 3. The first-order valence-corrected chi connectivity index (χ1v) is 6.32. The van der Waals surface area contributed by atoms with E-state index in [1.54, 1.807) is 29.4 Å². The number of aromatic nitrogens is 2. The molecule has 0 unspecified atom stereocenters. The Kier molecular flexibility index (Phi) is 3.19. The first kappa shape index (κ1) is 10.4. The normalized spacial score (nSPS) is 10.4. The molecule has 0 atom stereocenters. The van der Waals surface area contributed by atoms with Gasteiger partial charge in [0.15, 0.2) is 0 Å². The smallest absolute Gasteiger partial charge is 0.128 e. The quantitative estimate of drug-likeness (QED) is 0.466. The summed E-state index contributed by atoms with van der Waals surface area (Å²) >= 11 is 3.30. The summed E-state index contributed by atoms with van der Waals surface area (Å²) in [6.07, 6.45) is 2.15. The molecule has 2 aromatic heterocycles. The molecular formula is C10H9N3S2. The summed E-state index contributed by atoms with van der Waals surface area (Å²) in [6, 6.07) is 4.24. The van der Waals surface area contributed by atoms with Crippen LogP contribution in [0.5, 0.6) is 0 Å². The zero-order valence-electron chi connectivity index (χ0n) is 8.23. The Balaban J connectivity index is 2.30. The summed E-state index contributed by atoms with van der Waals surface area (Å²) in [5.74, 6) is 0.789. The molecule has 0 aliphatic heterocycles. The molecule has 2 heterocycles. The van der Waals surface area contributed by atoms with Crippen LogP contribution in [0.15, 0.2) is 17.4 Å². The number of fused-ring (bicyclic) bond motifs is 1. The van der Waals surface area contributed by atoms with Gasteiger partial charge in [-0.2, -0.15) is 5.26 Å². The molecule has 0 saturated heterocycles. The van der Waals surface area contributed by atoms with Crippen molar-refractivity contribution in [2.75, 3.05) is 5.75 Å². The summed E-state index contributed by atoms with van der Waals surface area (Å²) in [4.78, 5) is 10.7. The van der Waals surface area contributed by atoms with Gasteiger partial charge in [0, 0.05) is 22.4 Å². The second-order valence-corrected chi connectivity index (χ2v) is 5.33. The van der Waals surface area contributed by atoms with Gasteiger partial charge in [0.05, 0.1) is 6.07 Å². The van der Waals surface area contributed by atoms with Gasteiger partial charge in [-0.25, -0.2) is 9.97 Å². The zero-order chi connectivity index (χ0) is 10.7. The van der Waals surface area contributed by atoms with E-state index in [1.165, 1.54) is 4.88 Å². The molecule has 0 bridgehead atoms. The van der Waals surface area contributed by atoms with Gasteiger partial charge in [0.2, 0.25) is 0 Å². The van der Waals surface area contributed by atoms with E-state index in [4.69, 9.17) is 5.26 Å². The fourth-order valence-electron chi connectivity index (χ4n) is 1.26. The topological polar surface area (TPSA) is 49.6 Å². The van der Waals surface area contributed by atoms with Crippen molar-refractivity contribution < 1.29 is 0 Å². The molecule has 0 saturated carbocycles. The van der Waals surface area contributed by atoms with Gasteiger partial charge in [0.25, 0.3) is 0 Å². The molecule has 0 fully saturated rings. The molecule has 0 aliphatic rings. The summed E-state index contributed by atoms with van der Waals surface area (Å²) in [5, 5.41) is 10.6. The van der Waals surface area contributed by atoms with Crippen molar-refractivity contribution in [1.82, 2.24) is 9.97 Å². The Morgan fingerprint density at radius 2 is 2.40 bits per heavy atom. The first-order chi connectivity index (χ1) is 7.31. The molecule has 76 valence electrons. The monoisotopic (exact) mass is 235 g/mol. The number of hydrogen-bond acceptors (Lipinski definition) is 5. The highest BCUT2D eigenvalue weighted by Gasteiger charge is 2.06. The van der Waals surface area contributed by atoms with Gasteiger partial charge < -0.3 is 0 Å². The molecule has 3 nitrogen and oxygen atoms in total.